The molecular weight excluding hydrogens is 222 g/mol. The smallest absolute Gasteiger partial charge is 0.315 e. The van der Waals surface area contributed by atoms with Crippen LogP contribution in [0.2, 0.25) is 0 Å². The summed E-state index contributed by atoms with van der Waals surface area (Å²) in [5.74, 6) is -0.663. The number of hydrogen-bond acceptors (Lipinski definition) is 4. The first-order valence-electron chi connectivity index (χ1n) is 5.91. The number of amides is 1. The number of ether oxygens (including phenoxy) is 1. The molecule has 1 aliphatic rings. The largest absolute Gasteiger partial charge is 0.469 e. The van der Waals surface area contributed by atoms with Crippen LogP contribution in [0.4, 0.5) is 0 Å². The molecule has 1 fully saturated rings. The highest BCUT2D eigenvalue weighted by Crippen LogP contribution is 2.27. The number of carbonyl (C=O) groups is 2. The van der Waals surface area contributed by atoms with Crippen LogP contribution in [0.3, 0.4) is 0 Å². The Bertz CT molecular complexity index is 295. The van der Waals surface area contributed by atoms with Crippen LogP contribution in [0.25, 0.3) is 0 Å². The first-order chi connectivity index (χ1) is 7.84. The molecule has 17 heavy (non-hydrogen) atoms. The lowest BCUT2D eigenvalue weighted by molar-refractivity contribution is -0.148. The average Bonchev–Trinajstić information content (AvgIpc) is 2.28. The summed E-state index contributed by atoms with van der Waals surface area (Å²) in [4.78, 5) is 24.4. The molecule has 98 valence electrons. The van der Waals surface area contributed by atoms with Crippen molar-refractivity contribution >= 4 is 11.9 Å². The first-order valence-corrected chi connectivity index (χ1v) is 5.91. The van der Waals surface area contributed by atoms with E-state index in [1.807, 2.05) is 0 Å². The third-order valence-electron chi connectivity index (χ3n) is 3.30. The van der Waals surface area contributed by atoms with E-state index >= 15 is 0 Å². The standard InChI is InChI=1S/C12H21NO4/c1-12(2,16)9-5-4-6-13(8-9)10(14)7-11(15)17-3/h9,16H,4-8H2,1-3H3. The van der Waals surface area contributed by atoms with Gasteiger partial charge in [-0.25, -0.2) is 0 Å². The molecule has 0 bridgehead atoms. The molecule has 0 aromatic heterocycles. The van der Waals surface area contributed by atoms with Gasteiger partial charge in [0.25, 0.3) is 0 Å². The SMILES string of the molecule is COC(=O)CC(=O)N1CCCC(C(C)(C)O)C1. The number of likely N-dealkylation sites (tertiary alicyclic amines) is 1. The summed E-state index contributed by atoms with van der Waals surface area (Å²) in [5, 5.41) is 9.94. The van der Waals surface area contributed by atoms with E-state index in [1.54, 1.807) is 18.7 Å². The topological polar surface area (TPSA) is 66.8 Å². The van der Waals surface area contributed by atoms with Crippen molar-refractivity contribution in [1.82, 2.24) is 4.90 Å². The van der Waals surface area contributed by atoms with Gasteiger partial charge in [0.15, 0.2) is 0 Å². The van der Waals surface area contributed by atoms with Crippen LogP contribution in [-0.2, 0) is 14.3 Å². The van der Waals surface area contributed by atoms with Gasteiger partial charge < -0.3 is 14.7 Å². The summed E-state index contributed by atoms with van der Waals surface area (Å²) in [6.45, 7) is 4.68. The Morgan fingerprint density at radius 1 is 1.47 bits per heavy atom. The van der Waals surface area contributed by atoms with Crippen molar-refractivity contribution in [3.63, 3.8) is 0 Å². The zero-order chi connectivity index (χ0) is 13.1. The van der Waals surface area contributed by atoms with E-state index in [9.17, 15) is 14.7 Å². The summed E-state index contributed by atoms with van der Waals surface area (Å²) in [6.07, 6.45) is 1.56. The summed E-state index contributed by atoms with van der Waals surface area (Å²) in [7, 11) is 1.27. The predicted octanol–water partition coefficient (Wildman–Crippen LogP) is 0.559. The fraction of sp³-hybridized carbons (Fsp3) is 0.833. The zero-order valence-electron chi connectivity index (χ0n) is 10.7. The Hall–Kier alpha value is -1.10. The average molecular weight is 243 g/mol. The summed E-state index contributed by atoms with van der Waals surface area (Å²) < 4.78 is 4.47. The van der Waals surface area contributed by atoms with Gasteiger partial charge in [-0.1, -0.05) is 0 Å². The minimum atomic E-state index is -0.787. The van der Waals surface area contributed by atoms with E-state index in [0.717, 1.165) is 12.8 Å². The van der Waals surface area contributed by atoms with Crippen LogP contribution >= 0.6 is 0 Å². The number of rotatable bonds is 3. The number of nitrogens with zero attached hydrogens (tertiary/aromatic N) is 1. The molecule has 5 nitrogen and oxygen atoms in total. The van der Waals surface area contributed by atoms with Gasteiger partial charge >= 0.3 is 5.97 Å². The molecule has 1 aliphatic heterocycles. The number of esters is 1. The van der Waals surface area contributed by atoms with Crippen molar-refractivity contribution in [2.45, 2.75) is 38.7 Å². The fourth-order valence-electron chi connectivity index (χ4n) is 2.09. The normalized spacial score (nSPS) is 21.2. The summed E-state index contributed by atoms with van der Waals surface area (Å²) >= 11 is 0. The third-order valence-corrected chi connectivity index (χ3v) is 3.30. The maximum atomic E-state index is 11.8. The van der Waals surface area contributed by atoms with E-state index in [4.69, 9.17) is 0 Å². The lowest BCUT2D eigenvalue weighted by Crippen LogP contribution is -2.47. The highest BCUT2D eigenvalue weighted by Gasteiger charge is 2.33. The van der Waals surface area contributed by atoms with Crippen molar-refractivity contribution in [3.8, 4) is 0 Å². The van der Waals surface area contributed by atoms with Crippen molar-refractivity contribution in [2.24, 2.45) is 5.92 Å². The molecule has 1 unspecified atom stereocenters. The van der Waals surface area contributed by atoms with Crippen LogP contribution in [0, 0.1) is 5.92 Å². The van der Waals surface area contributed by atoms with Gasteiger partial charge in [-0.15, -0.1) is 0 Å². The van der Waals surface area contributed by atoms with Crippen LogP contribution in [0.1, 0.15) is 33.1 Å². The lowest BCUT2D eigenvalue weighted by Gasteiger charge is -2.38. The summed E-state index contributed by atoms with van der Waals surface area (Å²) in [6, 6.07) is 0. The minimum absolute atomic E-state index is 0.0675. The molecule has 1 saturated heterocycles. The van der Waals surface area contributed by atoms with Crippen LogP contribution < -0.4 is 0 Å². The Balaban J connectivity index is 2.55. The van der Waals surface area contributed by atoms with Crippen molar-refractivity contribution in [2.75, 3.05) is 20.2 Å². The molecule has 5 heteroatoms. The van der Waals surface area contributed by atoms with E-state index in [-0.39, 0.29) is 18.2 Å². The molecule has 0 saturated carbocycles. The summed E-state index contributed by atoms with van der Waals surface area (Å²) in [5.41, 5.74) is -0.787. The fourth-order valence-corrected chi connectivity index (χ4v) is 2.09. The number of carbonyl (C=O) groups excluding carboxylic acids is 2. The molecule has 1 heterocycles. The zero-order valence-corrected chi connectivity index (χ0v) is 10.7. The maximum absolute atomic E-state index is 11.8. The van der Waals surface area contributed by atoms with Gasteiger partial charge in [0.2, 0.25) is 5.91 Å². The molecule has 1 rings (SSSR count). The van der Waals surface area contributed by atoms with Gasteiger partial charge in [-0.3, -0.25) is 9.59 Å². The highest BCUT2D eigenvalue weighted by molar-refractivity contribution is 5.94. The molecule has 0 aliphatic carbocycles. The van der Waals surface area contributed by atoms with Gasteiger partial charge in [0.1, 0.15) is 6.42 Å². The van der Waals surface area contributed by atoms with E-state index in [2.05, 4.69) is 4.74 Å². The Morgan fingerprint density at radius 3 is 2.65 bits per heavy atom. The van der Waals surface area contributed by atoms with E-state index in [1.165, 1.54) is 7.11 Å². The molecule has 0 aromatic carbocycles. The number of methoxy groups -OCH3 is 1. The van der Waals surface area contributed by atoms with Gasteiger partial charge in [0, 0.05) is 19.0 Å². The number of piperidine rings is 1. The molecular formula is C12H21NO4. The number of hydrogen-bond donors (Lipinski definition) is 1. The van der Waals surface area contributed by atoms with Crippen LogP contribution in [0.5, 0.6) is 0 Å². The lowest BCUT2D eigenvalue weighted by atomic mass is 9.84. The second-order valence-electron chi connectivity index (χ2n) is 5.09. The second kappa shape index (κ2) is 5.49. The second-order valence-corrected chi connectivity index (χ2v) is 5.09. The number of aliphatic hydroxyl groups is 1. The molecule has 1 N–H and O–H groups in total. The third kappa shape index (κ3) is 4.00. The van der Waals surface area contributed by atoms with Crippen LogP contribution in [-0.4, -0.2) is 47.7 Å². The monoisotopic (exact) mass is 243 g/mol. The Kier molecular flexibility index (Phi) is 4.51. The van der Waals surface area contributed by atoms with Crippen molar-refractivity contribution < 1.29 is 19.4 Å². The van der Waals surface area contributed by atoms with Gasteiger partial charge in [-0.2, -0.15) is 0 Å². The molecule has 0 aromatic rings. The highest BCUT2D eigenvalue weighted by atomic mass is 16.5. The molecule has 0 spiro atoms. The van der Waals surface area contributed by atoms with Crippen molar-refractivity contribution in [3.05, 3.63) is 0 Å². The van der Waals surface area contributed by atoms with E-state index in [0.29, 0.717) is 13.1 Å². The van der Waals surface area contributed by atoms with Gasteiger partial charge in [-0.05, 0) is 26.7 Å². The van der Waals surface area contributed by atoms with Crippen LogP contribution in [0.15, 0.2) is 0 Å². The van der Waals surface area contributed by atoms with E-state index < -0.39 is 11.6 Å². The predicted molar refractivity (Wildman–Crippen MR) is 62.2 cm³/mol. The van der Waals surface area contributed by atoms with Gasteiger partial charge in [0.05, 0.1) is 12.7 Å². The molecule has 1 amide bonds. The first kappa shape index (κ1) is 14.0. The molecule has 1 atom stereocenters. The maximum Gasteiger partial charge on any atom is 0.315 e. The Labute approximate surface area is 102 Å². The quantitative estimate of drug-likeness (QED) is 0.581. The minimum Gasteiger partial charge on any atom is -0.469 e. The molecule has 0 radical (unpaired) electrons. The Morgan fingerprint density at radius 2 is 2.12 bits per heavy atom. The van der Waals surface area contributed by atoms with Crippen molar-refractivity contribution in [1.29, 1.82) is 0 Å².